The summed E-state index contributed by atoms with van der Waals surface area (Å²) in [6.45, 7) is 4.21. The fraction of sp³-hybridized carbons (Fsp3) is 0.333. The topological polar surface area (TPSA) is 17.0 Å². The molecule has 2 rings (SSSR count). The summed E-state index contributed by atoms with van der Waals surface area (Å²) in [6, 6.07) is 8.55. The van der Waals surface area contributed by atoms with Crippen molar-refractivity contribution >= 4 is 10.9 Å². The van der Waals surface area contributed by atoms with E-state index in [-0.39, 0.29) is 0 Å². The molecule has 0 atom stereocenters. The Morgan fingerprint density at radius 3 is 2.86 bits per heavy atom. The van der Waals surface area contributed by atoms with Crippen molar-refractivity contribution in [3.05, 3.63) is 36.0 Å². The minimum Gasteiger partial charge on any atom is -0.346 e. The molecule has 1 aromatic carbocycles. The Hall–Kier alpha value is -1.28. The van der Waals surface area contributed by atoms with Gasteiger partial charge in [0.1, 0.15) is 0 Å². The number of nitrogens with zero attached hydrogens (tertiary/aromatic N) is 1. The highest BCUT2D eigenvalue weighted by Gasteiger charge is 2.02. The number of aromatic nitrogens is 1. The highest BCUT2D eigenvalue weighted by Crippen LogP contribution is 2.19. The first-order valence-corrected chi connectivity index (χ1v) is 5.02. The molecule has 74 valence electrons. The van der Waals surface area contributed by atoms with Crippen molar-refractivity contribution in [1.82, 2.24) is 9.88 Å². The van der Waals surface area contributed by atoms with Crippen LogP contribution >= 0.6 is 0 Å². The van der Waals surface area contributed by atoms with Crippen LogP contribution in [0.4, 0.5) is 0 Å². The Kier molecular flexibility index (Phi) is 2.55. The number of para-hydroxylation sites is 1. The van der Waals surface area contributed by atoms with E-state index in [4.69, 9.17) is 0 Å². The summed E-state index contributed by atoms with van der Waals surface area (Å²) in [5.74, 6) is 0. The maximum Gasteiger partial charge on any atom is 0.0483 e. The van der Waals surface area contributed by atoms with Crippen LogP contribution < -0.4 is 5.32 Å². The summed E-state index contributed by atoms with van der Waals surface area (Å²) in [7, 11) is 1.98. The molecule has 14 heavy (non-hydrogen) atoms. The smallest absolute Gasteiger partial charge is 0.0483 e. The summed E-state index contributed by atoms with van der Waals surface area (Å²) in [6.07, 6.45) is 2.22. The molecule has 2 nitrogen and oxygen atoms in total. The highest BCUT2D eigenvalue weighted by atomic mass is 15.0. The van der Waals surface area contributed by atoms with E-state index in [0.717, 1.165) is 13.1 Å². The second-order valence-electron chi connectivity index (χ2n) is 3.63. The molecule has 0 saturated heterocycles. The summed E-state index contributed by atoms with van der Waals surface area (Å²) in [5.41, 5.74) is 2.69. The van der Waals surface area contributed by atoms with E-state index >= 15 is 0 Å². The molecule has 0 saturated carbocycles. The van der Waals surface area contributed by atoms with Crippen LogP contribution in [0, 0.1) is 6.92 Å². The van der Waals surface area contributed by atoms with Gasteiger partial charge in [-0.3, -0.25) is 0 Å². The molecule has 0 spiro atoms. The third-order valence-corrected chi connectivity index (χ3v) is 2.59. The van der Waals surface area contributed by atoms with Crippen molar-refractivity contribution in [2.75, 3.05) is 13.6 Å². The van der Waals surface area contributed by atoms with Gasteiger partial charge in [-0.15, -0.1) is 0 Å². The van der Waals surface area contributed by atoms with Crippen LogP contribution in [0.25, 0.3) is 10.9 Å². The second kappa shape index (κ2) is 3.84. The van der Waals surface area contributed by atoms with Gasteiger partial charge in [0.25, 0.3) is 0 Å². The van der Waals surface area contributed by atoms with Crippen LogP contribution in [0.2, 0.25) is 0 Å². The van der Waals surface area contributed by atoms with E-state index in [1.807, 2.05) is 7.05 Å². The lowest BCUT2D eigenvalue weighted by molar-refractivity contribution is 0.661. The predicted octanol–water partition coefficient (Wildman–Crippen LogP) is 2.17. The van der Waals surface area contributed by atoms with E-state index in [1.165, 1.54) is 16.5 Å². The first-order chi connectivity index (χ1) is 6.83. The molecule has 0 fully saturated rings. The molecule has 2 aromatic rings. The first-order valence-electron chi connectivity index (χ1n) is 5.02. The molecule has 2 heteroatoms. The largest absolute Gasteiger partial charge is 0.346 e. The Balaban J connectivity index is 2.44. The standard InChI is InChI=1S/C12H16N2/c1-10-9-14(8-7-13-2)12-6-4-3-5-11(10)12/h3-6,9,13H,7-8H2,1-2H3. The Bertz CT molecular complexity index is 429. The molecule has 1 heterocycles. The van der Waals surface area contributed by atoms with Crippen molar-refractivity contribution in [2.45, 2.75) is 13.5 Å². The molecular formula is C12H16N2. The fourth-order valence-electron chi connectivity index (χ4n) is 1.85. The zero-order valence-corrected chi connectivity index (χ0v) is 8.75. The second-order valence-corrected chi connectivity index (χ2v) is 3.63. The summed E-state index contributed by atoms with van der Waals surface area (Å²) >= 11 is 0. The molecule has 1 N–H and O–H groups in total. The normalized spacial score (nSPS) is 11.0. The molecule has 0 bridgehead atoms. The number of nitrogens with one attached hydrogen (secondary N) is 1. The van der Waals surface area contributed by atoms with Gasteiger partial charge >= 0.3 is 0 Å². The Morgan fingerprint density at radius 2 is 2.07 bits per heavy atom. The van der Waals surface area contributed by atoms with Crippen LogP contribution in [0.15, 0.2) is 30.5 Å². The highest BCUT2D eigenvalue weighted by molar-refractivity contribution is 5.83. The molecule has 1 aromatic heterocycles. The lowest BCUT2D eigenvalue weighted by atomic mass is 10.2. The van der Waals surface area contributed by atoms with Crippen LogP contribution in [0.1, 0.15) is 5.56 Å². The summed E-state index contributed by atoms with van der Waals surface area (Å²) in [4.78, 5) is 0. The van der Waals surface area contributed by atoms with E-state index in [9.17, 15) is 0 Å². The maximum atomic E-state index is 3.17. The number of rotatable bonds is 3. The van der Waals surface area contributed by atoms with Crippen molar-refractivity contribution in [2.24, 2.45) is 0 Å². The third-order valence-electron chi connectivity index (χ3n) is 2.59. The summed E-state index contributed by atoms with van der Waals surface area (Å²) in [5, 5.41) is 4.53. The van der Waals surface area contributed by atoms with Crippen LogP contribution in [-0.2, 0) is 6.54 Å². The van der Waals surface area contributed by atoms with Gasteiger partial charge in [-0.05, 0) is 25.6 Å². The molecule has 0 aliphatic rings. The van der Waals surface area contributed by atoms with Gasteiger partial charge in [-0.2, -0.15) is 0 Å². The van der Waals surface area contributed by atoms with Crippen molar-refractivity contribution in [3.8, 4) is 0 Å². The number of hydrogen-bond donors (Lipinski definition) is 1. The van der Waals surface area contributed by atoms with Crippen molar-refractivity contribution in [1.29, 1.82) is 0 Å². The number of benzene rings is 1. The van der Waals surface area contributed by atoms with E-state index in [1.54, 1.807) is 0 Å². The molecule has 0 radical (unpaired) electrons. The summed E-state index contributed by atoms with van der Waals surface area (Å²) < 4.78 is 2.31. The van der Waals surface area contributed by atoms with E-state index < -0.39 is 0 Å². The lowest BCUT2D eigenvalue weighted by Gasteiger charge is -2.03. The van der Waals surface area contributed by atoms with Gasteiger partial charge < -0.3 is 9.88 Å². The average molecular weight is 188 g/mol. The van der Waals surface area contributed by atoms with Gasteiger partial charge in [0, 0.05) is 30.2 Å². The SMILES string of the molecule is CNCCn1cc(C)c2ccccc21. The molecular weight excluding hydrogens is 172 g/mol. The Labute approximate surface area is 84.5 Å². The van der Waals surface area contributed by atoms with E-state index in [2.05, 4.69) is 47.3 Å². The minimum absolute atomic E-state index is 1.01. The predicted molar refractivity (Wildman–Crippen MR) is 60.6 cm³/mol. The van der Waals surface area contributed by atoms with Crippen molar-refractivity contribution in [3.63, 3.8) is 0 Å². The zero-order chi connectivity index (χ0) is 9.97. The Morgan fingerprint density at radius 1 is 1.29 bits per heavy atom. The zero-order valence-electron chi connectivity index (χ0n) is 8.75. The minimum atomic E-state index is 1.01. The molecule has 0 amide bonds. The van der Waals surface area contributed by atoms with Crippen LogP contribution in [0.3, 0.4) is 0 Å². The number of likely N-dealkylation sites (N-methyl/N-ethyl adjacent to an activating group) is 1. The quantitative estimate of drug-likeness (QED) is 0.781. The van der Waals surface area contributed by atoms with Gasteiger partial charge in [-0.25, -0.2) is 0 Å². The van der Waals surface area contributed by atoms with Crippen LogP contribution in [-0.4, -0.2) is 18.2 Å². The molecule has 0 unspecified atom stereocenters. The first kappa shape index (κ1) is 9.28. The number of fused-ring (bicyclic) bond motifs is 1. The molecule has 0 aliphatic heterocycles. The maximum absolute atomic E-state index is 3.17. The monoisotopic (exact) mass is 188 g/mol. The van der Waals surface area contributed by atoms with Gasteiger partial charge in [-0.1, -0.05) is 18.2 Å². The van der Waals surface area contributed by atoms with Gasteiger partial charge in [0.15, 0.2) is 0 Å². The van der Waals surface area contributed by atoms with E-state index in [0.29, 0.717) is 0 Å². The third kappa shape index (κ3) is 1.53. The average Bonchev–Trinajstić information content (AvgIpc) is 2.54. The van der Waals surface area contributed by atoms with Crippen molar-refractivity contribution < 1.29 is 0 Å². The van der Waals surface area contributed by atoms with Crippen LogP contribution in [0.5, 0.6) is 0 Å². The van der Waals surface area contributed by atoms with Gasteiger partial charge in [0.05, 0.1) is 0 Å². The molecule has 0 aliphatic carbocycles. The lowest BCUT2D eigenvalue weighted by Crippen LogP contribution is -2.14. The van der Waals surface area contributed by atoms with Gasteiger partial charge in [0.2, 0.25) is 0 Å². The number of aryl methyl sites for hydroxylation is 1. The fourth-order valence-corrected chi connectivity index (χ4v) is 1.85. The number of hydrogen-bond acceptors (Lipinski definition) is 1.